The molecule has 6 nitrogen and oxygen atoms in total. The zero-order chi connectivity index (χ0) is 13.0. The maximum absolute atomic E-state index is 8.53. The number of rotatable bonds is 4. The van der Waals surface area contributed by atoms with Crippen LogP contribution in [0.25, 0.3) is 0 Å². The smallest absolute Gasteiger partial charge is 0.170 e. The molecule has 0 fully saturated rings. The molecule has 6 heteroatoms. The van der Waals surface area contributed by atoms with Crippen LogP contribution in [0.1, 0.15) is 11.1 Å². The zero-order valence-corrected chi connectivity index (χ0v) is 9.95. The van der Waals surface area contributed by atoms with Crippen molar-refractivity contribution in [1.82, 2.24) is 9.78 Å². The average molecular weight is 246 g/mol. The van der Waals surface area contributed by atoms with E-state index in [0.717, 1.165) is 5.56 Å². The lowest BCUT2D eigenvalue weighted by atomic mass is 10.2. The summed E-state index contributed by atoms with van der Waals surface area (Å²) in [5.74, 6) is 0.794. The van der Waals surface area contributed by atoms with Crippen molar-refractivity contribution in [2.75, 3.05) is 0 Å². The molecule has 1 aromatic heterocycles. The van der Waals surface area contributed by atoms with Crippen molar-refractivity contribution < 1.29 is 9.94 Å². The Hall–Kier alpha value is -2.50. The molecule has 0 spiro atoms. The van der Waals surface area contributed by atoms with Gasteiger partial charge in [-0.15, -0.1) is 0 Å². The van der Waals surface area contributed by atoms with Gasteiger partial charge in [0.1, 0.15) is 12.4 Å². The van der Waals surface area contributed by atoms with Crippen molar-refractivity contribution in [3.63, 3.8) is 0 Å². The second-order valence-corrected chi connectivity index (χ2v) is 3.82. The van der Waals surface area contributed by atoms with E-state index in [0.29, 0.717) is 17.9 Å². The Morgan fingerprint density at radius 3 is 2.72 bits per heavy atom. The van der Waals surface area contributed by atoms with Gasteiger partial charge in [-0.3, -0.25) is 4.68 Å². The van der Waals surface area contributed by atoms with E-state index in [9.17, 15) is 0 Å². The van der Waals surface area contributed by atoms with Crippen molar-refractivity contribution in [1.29, 1.82) is 0 Å². The third kappa shape index (κ3) is 2.79. The number of nitrogens with zero attached hydrogens (tertiary/aromatic N) is 3. The molecule has 0 aliphatic carbocycles. The second kappa shape index (κ2) is 5.22. The molecule has 2 rings (SSSR count). The Morgan fingerprint density at radius 2 is 2.17 bits per heavy atom. The molecular formula is C12H14N4O2. The van der Waals surface area contributed by atoms with Crippen LogP contribution in [0.4, 0.5) is 0 Å². The monoisotopic (exact) mass is 246 g/mol. The molecule has 1 heterocycles. The predicted molar refractivity (Wildman–Crippen MR) is 66.5 cm³/mol. The third-order valence-corrected chi connectivity index (χ3v) is 2.42. The van der Waals surface area contributed by atoms with E-state index in [2.05, 4.69) is 10.3 Å². The SMILES string of the molecule is Cn1cc(COc2ccc(C(N)=NO)cc2)cn1. The maximum Gasteiger partial charge on any atom is 0.170 e. The van der Waals surface area contributed by atoms with Gasteiger partial charge in [0.15, 0.2) is 5.84 Å². The summed E-state index contributed by atoms with van der Waals surface area (Å²) in [5.41, 5.74) is 7.10. The van der Waals surface area contributed by atoms with Crippen LogP contribution < -0.4 is 10.5 Å². The van der Waals surface area contributed by atoms with Gasteiger partial charge in [0.25, 0.3) is 0 Å². The van der Waals surface area contributed by atoms with Crippen LogP contribution in [0, 0.1) is 0 Å². The molecule has 0 amide bonds. The average Bonchev–Trinajstić information content (AvgIpc) is 2.82. The first-order valence-electron chi connectivity index (χ1n) is 5.37. The Bertz CT molecular complexity index is 545. The van der Waals surface area contributed by atoms with Crippen LogP contribution in [0.5, 0.6) is 5.75 Å². The molecule has 0 atom stereocenters. The van der Waals surface area contributed by atoms with Gasteiger partial charge in [0, 0.05) is 24.4 Å². The number of hydrogen-bond acceptors (Lipinski definition) is 4. The van der Waals surface area contributed by atoms with Crippen LogP contribution in [-0.2, 0) is 13.7 Å². The summed E-state index contributed by atoms with van der Waals surface area (Å²) in [6, 6.07) is 6.99. The van der Waals surface area contributed by atoms with Crippen molar-refractivity contribution in [2.45, 2.75) is 6.61 Å². The lowest BCUT2D eigenvalue weighted by molar-refractivity contribution is 0.306. The van der Waals surface area contributed by atoms with Gasteiger partial charge in [0.2, 0.25) is 0 Å². The maximum atomic E-state index is 8.53. The van der Waals surface area contributed by atoms with E-state index in [1.54, 1.807) is 35.1 Å². The molecule has 3 N–H and O–H groups in total. The lowest BCUT2D eigenvalue weighted by Crippen LogP contribution is -2.12. The van der Waals surface area contributed by atoms with Gasteiger partial charge < -0.3 is 15.7 Å². The Labute approximate surface area is 104 Å². The van der Waals surface area contributed by atoms with E-state index >= 15 is 0 Å². The number of nitrogens with two attached hydrogens (primary N) is 1. The van der Waals surface area contributed by atoms with Crippen molar-refractivity contribution >= 4 is 5.84 Å². The fourth-order valence-corrected chi connectivity index (χ4v) is 1.49. The van der Waals surface area contributed by atoms with E-state index in [1.807, 2.05) is 13.2 Å². The van der Waals surface area contributed by atoms with Gasteiger partial charge >= 0.3 is 0 Å². The van der Waals surface area contributed by atoms with Crippen molar-refractivity contribution in [2.24, 2.45) is 17.9 Å². The van der Waals surface area contributed by atoms with Gasteiger partial charge in [0.05, 0.1) is 6.20 Å². The lowest BCUT2D eigenvalue weighted by Gasteiger charge is -2.05. The molecule has 0 saturated carbocycles. The van der Waals surface area contributed by atoms with E-state index < -0.39 is 0 Å². The number of amidine groups is 1. The highest BCUT2D eigenvalue weighted by molar-refractivity contribution is 5.97. The molecule has 0 aliphatic heterocycles. The molecule has 0 bridgehead atoms. The predicted octanol–water partition coefficient (Wildman–Crippen LogP) is 1.09. The van der Waals surface area contributed by atoms with Crippen LogP contribution in [0.3, 0.4) is 0 Å². The first kappa shape index (κ1) is 12.0. The molecule has 1 aromatic carbocycles. The van der Waals surface area contributed by atoms with Gasteiger partial charge in [-0.25, -0.2) is 0 Å². The summed E-state index contributed by atoms with van der Waals surface area (Å²) < 4.78 is 7.30. The standard InChI is InChI=1S/C12H14N4O2/c1-16-7-9(6-14-16)8-18-11-4-2-10(3-5-11)12(13)15-17/h2-7,17H,8H2,1H3,(H2,13,15). The number of ether oxygens (including phenoxy) is 1. The summed E-state index contributed by atoms with van der Waals surface area (Å²) in [6.45, 7) is 0.455. The third-order valence-electron chi connectivity index (χ3n) is 2.42. The summed E-state index contributed by atoms with van der Waals surface area (Å²) in [4.78, 5) is 0. The number of aryl methyl sites for hydroxylation is 1. The minimum Gasteiger partial charge on any atom is -0.489 e. The Kier molecular flexibility index (Phi) is 3.47. The normalized spacial score (nSPS) is 11.5. The van der Waals surface area contributed by atoms with Crippen LogP contribution in [0.15, 0.2) is 41.8 Å². The van der Waals surface area contributed by atoms with E-state index in [1.165, 1.54) is 0 Å². The van der Waals surface area contributed by atoms with Gasteiger partial charge in [-0.1, -0.05) is 5.16 Å². The molecule has 0 aliphatic rings. The zero-order valence-electron chi connectivity index (χ0n) is 9.95. The highest BCUT2D eigenvalue weighted by atomic mass is 16.5. The van der Waals surface area contributed by atoms with Crippen LogP contribution in [0.2, 0.25) is 0 Å². The number of hydrogen-bond donors (Lipinski definition) is 2. The minimum atomic E-state index is 0.0776. The highest BCUT2D eigenvalue weighted by Crippen LogP contribution is 2.13. The topological polar surface area (TPSA) is 85.7 Å². The van der Waals surface area contributed by atoms with Crippen LogP contribution in [-0.4, -0.2) is 20.8 Å². The first-order valence-corrected chi connectivity index (χ1v) is 5.37. The molecule has 94 valence electrons. The van der Waals surface area contributed by atoms with E-state index in [-0.39, 0.29) is 5.84 Å². The molecule has 18 heavy (non-hydrogen) atoms. The number of benzene rings is 1. The van der Waals surface area contributed by atoms with Crippen LogP contribution >= 0.6 is 0 Å². The summed E-state index contributed by atoms with van der Waals surface area (Å²) in [5, 5.41) is 15.5. The Morgan fingerprint density at radius 1 is 1.44 bits per heavy atom. The summed E-state index contributed by atoms with van der Waals surface area (Å²) in [7, 11) is 1.86. The first-order chi connectivity index (χ1) is 8.69. The fourth-order valence-electron chi connectivity index (χ4n) is 1.49. The largest absolute Gasteiger partial charge is 0.489 e. The van der Waals surface area contributed by atoms with Gasteiger partial charge in [-0.05, 0) is 24.3 Å². The summed E-state index contributed by atoms with van der Waals surface area (Å²) >= 11 is 0. The highest BCUT2D eigenvalue weighted by Gasteiger charge is 2.01. The van der Waals surface area contributed by atoms with Gasteiger partial charge in [-0.2, -0.15) is 5.10 Å². The molecule has 0 unspecified atom stereocenters. The minimum absolute atomic E-state index is 0.0776. The summed E-state index contributed by atoms with van der Waals surface area (Å²) in [6.07, 6.45) is 3.65. The van der Waals surface area contributed by atoms with Crippen molar-refractivity contribution in [3.8, 4) is 5.75 Å². The molecule has 0 saturated heterocycles. The number of aromatic nitrogens is 2. The van der Waals surface area contributed by atoms with E-state index in [4.69, 9.17) is 15.7 Å². The fraction of sp³-hybridized carbons (Fsp3) is 0.167. The molecule has 2 aromatic rings. The molecular weight excluding hydrogens is 232 g/mol. The second-order valence-electron chi connectivity index (χ2n) is 3.82. The molecule has 0 radical (unpaired) electrons. The quantitative estimate of drug-likeness (QED) is 0.366. The number of oxime groups is 1. The Balaban J connectivity index is 1.98. The van der Waals surface area contributed by atoms with Crippen molar-refractivity contribution in [3.05, 3.63) is 47.8 Å².